The van der Waals surface area contributed by atoms with Crippen molar-refractivity contribution in [3.63, 3.8) is 0 Å². The van der Waals surface area contributed by atoms with Gasteiger partial charge in [0.15, 0.2) is 0 Å². The quantitative estimate of drug-likeness (QED) is 0.602. The summed E-state index contributed by atoms with van der Waals surface area (Å²) in [5.41, 5.74) is 10.2. The summed E-state index contributed by atoms with van der Waals surface area (Å²) in [5.74, 6) is 0.320. The van der Waals surface area contributed by atoms with Gasteiger partial charge in [-0.1, -0.05) is 61.5 Å². The lowest BCUT2D eigenvalue weighted by Gasteiger charge is -2.32. The van der Waals surface area contributed by atoms with Gasteiger partial charge in [-0.3, -0.25) is 9.59 Å². The van der Waals surface area contributed by atoms with Gasteiger partial charge in [-0.25, -0.2) is 0 Å². The molecule has 1 atom stereocenters. The summed E-state index contributed by atoms with van der Waals surface area (Å²) in [5, 5.41) is 0. The third kappa shape index (κ3) is 5.12. The number of carbonyl (C=O) groups is 1. The zero-order valence-electron chi connectivity index (χ0n) is 18.3. The molecule has 0 spiro atoms. The number of hydrogen-bond donors (Lipinski definition) is 2. The summed E-state index contributed by atoms with van der Waals surface area (Å²) < 4.78 is 0. The summed E-state index contributed by atoms with van der Waals surface area (Å²) in [4.78, 5) is 30.2. The number of hydrogen-bond acceptors (Lipinski definition) is 3. The van der Waals surface area contributed by atoms with Crippen molar-refractivity contribution < 1.29 is 4.79 Å². The van der Waals surface area contributed by atoms with Crippen molar-refractivity contribution in [2.24, 2.45) is 5.73 Å². The molecule has 1 aliphatic heterocycles. The highest BCUT2D eigenvalue weighted by Crippen LogP contribution is 2.29. The molecular weight excluding hydrogens is 422 g/mol. The molecule has 0 radical (unpaired) electrons. The number of piperidine rings is 1. The largest absolute Gasteiger partial charge is 0.338 e. The predicted octanol–water partition coefficient (Wildman–Crippen LogP) is 4.43. The number of benzene rings is 2. The Kier molecular flexibility index (Phi) is 7.89. The van der Waals surface area contributed by atoms with Crippen LogP contribution in [0.5, 0.6) is 0 Å². The number of nitrogens with two attached hydrogens (primary N) is 1. The van der Waals surface area contributed by atoms with E-state index in [9.17, 15) is 9.59 Å². The highest BCUT2D eigenvalue weighted by molar-refractivity contribution is 5.94. The van der Waals surface area contributed by atoms with Crippen molar-refractivity contribution in [1.29, 1.82) is 0 Å². The number of amides is 1. The van der Waals surface area contributed by atoms with Gasteiger partial charge in [-0.15, -0.1) is 12.4 Å². The van der Waals surface area contributed by atoms with Gasteiger partial charge in [0, 0.05) is 31.7 Å². The zero-order valence-corrected chi connectivity index (χ0v) is 19.1. The number of halogens is 1. The second-order valence-electron chi connectivity index (χ2n) is 8.32. The molecule has 2 heterocycles. The first-order valence-electron chi connectivity index (χ1n) is 10.9. The standard InChI is InChI=1S/C26H29N3O2.ClH/c1-18(20-7-3-2-4-8-20)23-15-24(25(30)28-17-23)26(31)29-12-10-21(11-13-29)22-9-5-6-19(14-22)16-27;/h2-9,14-15,17-18,21H,10-13,16,27H2,1H3,(H,28,30);1H. The number of aromatic amines is 1. The van der Waals surface area contributed by atoms with Gasteiger partial charge in [0.05, 0.1) is 0 Å². The lowest BCUT2D eigenvalue weighted by molar-refractivity contribution is 0.0711. The first-order valence-corrected chi connectivity index (χ1v) is 10.9. The van der Waals surface area contributed by atoms with Crippen LogP contribution in [0.4, 0.5) is 0 Å². The van der Waals surface area contributed by atoms with Gasteiger partial charge in [0.25, 0.3) is 11.5 Å². The smallest absolute Gasteiger partial charge is 0.260 e. The number of H-pyrrole nitrogens is 1. The first-order chi connectivity index (χ1) is 15.1. The summed E-state index contributed by atoms with van der Waals surface area (Å²) in [6, 6.07) is 20.2. The average molecular weight is 452 g/mol. The Morgan fingerprint density at radius 2 is 1.78 bits per heavy atom. The van der Waals surface area contributed by atoms with Crippen LogP contribution in [-0.2, 0) is 6.54 Å². The molecule has 1 aliphatic rings. The van der Waals surface area contributed by atoms with Crippen LogP contribution < -0.4 is 11.3 Å². The van der Waals surface area contributed by atoms with Crippen LogP contribution in [0.3, 0.4) is 0 Å². The lowest BCUT2D eigenvalue weighted by Crippen LogP contribution is -2.40. The number of nitrogens with zero attached hydrogens (tertiary/aromatic N) is 1. The number of aromatic nitrogens is 1. The van der Waals surface area contributed by atoms with Gasteiger partial charge in [0.1, 0.15) is 5.56 Å². The minimum absolute atomic E-state index is 0. The second kappa shape index (κ2) is 10.6. The third-order valence-electron chi connectivity index (χ3n) is 6.40. The van der Waals surface area contributed by atoms with E-state index in [1.54, 1.807) is 12.3 Å². The fraction of sp³-hybridized carbons (Fsp3) is 0.308. The molecule has 0 bridgehead atoms. The summed E-state index contributed by atoms with van der Waals surface area (Å²) >= 11 is 0. The van der Waals surface area contributed by atoms with Crippen LogP contribution in [-0.4, -0.2) is 28.9 Å². The van der Waals surface area contributed by atoms with E-state index >= 15 is 0 Å². The maximum atomic E-state index is 13.2. The Balaban J connectivity index is 0.00000289. The maximum Gasteiger partial charge on any atom is 0.260 e. The van der Waals surface area contributed by atoms with Gasteiger partial charge in [-0.05, 0) is 47.1 Å². The average Bonchev–Trinajstić information content (AvgIpc) is 2.84. The second-order valence-corrected chi connectivity index (χ2v) is 8.32. The normalized spacial score (nSPS) is 15.1. The molecule has 3 N–H and O–H groups in total. The summed E-state index contributed by atoms with van der Waals surface area (Å²) in [7, 11) is 0. The Labute approximate surface area is 195 Å². The monoisotopic (exact) mass is 451 g/mol. The molecule has 1 unspecified atom stereocenters. The molecule has 1 aromatic heterocycles. The molecule has 1 saturated heterocycles. The fourth-order valence-corrected chi connectivity index (χ4v) is 4.40. The molecule has 6 heteroatoms. The van der Waals surface area contributed by atoms with Crippen LogP contribution in [0.1, 0.15) is 64.2 Å². The minimum atomic E-state index is -0.327. The molecule has 32 heavy (non-hydrogen) atoms. The molecule has 168 valence electrons. The van der Waals surface area contributed by atoms with Crippen LogP contribution in [0.2, 0.25) is 0 Å². The Bertz CT molecular complexity index is 1110. The van der Waals surface area contributed by atoms with E-state index in [2.05, 4.69) is 36.2 Å². The van der Waals surface area contributed by atoms with Crippen molar-refractivity contribution in [2.75, 3.05) is 13.1 Å². The van der Waals surface area contributed by atoms with Crippen molar-refractivity contribution in [1.82, 2.24) is 9.88 Å². The van der Waals surface area contributed by atoms with Crippen LogP contribution in [0.25, 0.3) is 0 Å². The summed E-state index contributed by atoms with van der Waals surface area (Å²) in [6.45, 7) is 3.91. The van der Waals surface area contributed by atoms with Gasteiger partial charge >= 0.3 is 0 Å². The zero-order chi connectivity index (χ0) is 21.8. The third-order valence-corrected chi connectivity index (χ3v) is 6.40. The van der Waals surface area contributed by atoms with Crippen LogP contribution in [0.15, 0.2) is 71.7 Å². The molecule has 0 saturated carbocycles. The molecule has 2 aromatic carbocycles. The number of likely N-dealkylation sites (tertiary alicyclic amines) is 1. The highest BCUT2D eigenvalue weighted by Gasteiger charge is 2.26. The van der Waals surface area contributed by atoms with Gasteiger partial charge in [0.2, 0.25) is 0 Å². The molecule has 5 nitrogen and oxygen atoms in total. The molecule has 1 fully saturated rings. The predicted molar refractivity (Wildman–Crippen MR) is 130 cm³/mol. The lowest BCUT2D eigenvalue weighted by atomic mass is 9.88. The fourth-order valence-electron chi connectivity index (χ4n) is 4.40. The molecule has 0 aliphatic carbocycles. The van der Waals surface area contributed by atoms with E-state index in [-0.39, 0.29) is 35.4 Å². The molecule has 3 aromatic rings. The van der Waals surface area contributed by atoms with E-state index < -0.39 is 0 Å². The van der Waals surface area contributed by atoms with Crippen molar-refractivity contribution in [3.8, 4) is 0 Å². The highest BCUT2D eigenvalue weighted by atomic mass is 35.5. The minimum Gasteiger partial charge on any atom is -0.338 e. The van der Waals surface area contributed by atoms with E-state index in [4.69, 9.17) is 5.73 Å². The molecule has 1 amide bonds. The van der Waals surface area contributed by atoms with Crippen molar-refractivity contribution >= 4 is 18.3 Å². The first kappa shape index (κ1) is 23.8. The Morgan fingerprint density at radius 1 is 1.06 bits per heavy atom. The van der Waals surface area contributed by atoms with Crippen LogP contribution >= 0.6 is 12.4 Å². The number of pyridine rings is 1. The Hall–Kier alpha value is -2.89. The SMILES string of the molecule is CC(c1ccccc1)c1c[nH]c(=O)c(C(=O)N2CCC(c3cccc(CN)c3)CC2)c1.Cl. The topological polar surface area (TPSA) is 79.2 Å². The van der Waals surface area contributed by atoms with E-state index in [0.717, 1.165) is 29.5 Å². The number of rotatable bonds is 5. The maximum absolute atomic E-state index is 13.2. The van der Waals surface area contributed by atoms with E-state index in [1.165, 1.54) is 5.56 Å². The van der Waals surface area contributed by atoms with E-state index in [1.807, 2.05) is 35.2 Å². The van der Waals surface area contributed by atoms with E-state index in [0.29, 0.717) is 25.6 Å². The van der Waals surface area contributed by atoms with Crippen molar-refractivity contribution in [2.45, 2.75) is 38.1 Å². The van der Waals surface area contributed by atoms with Crippen molar-refractivity contribution in [3.05, 3.63) is 105 Å². The van der Waals surface area contributed by atoms with Gasteiger partial charge in [-0.2, -0.15) is 0 Å². The molecular formula is C26H30ClN3O2. The Morgan fingerprint density at radius 3 is 2.47 bits per heavy atom. The molecule has 4 rings (SSSR count). The van der Waals surface area contributed by atoms with Crippen LogP contribution in [0, 0.1) is 0 Å². The van der Waals surface area contributed by atoms with Gasteiger partial charge < -0.3 is 15.6 Å². The number of nitrogens with one attached hydrogen (secondary N) is 1. The summed E-state index contributed by atoms with van der Waals surface area (Å²) in [6.07, 6.45) is 3.49. The number of carbonyl (C=O) groups excluding carboxylic acids is 1.